The number of aromatic nitrogens is 4. The van der Waals surface area contributed by atoms with Gasteiger partial charge in [-0.2, -0.15) is 4.68 Å². The molecule has 1 fully saturated rings. The van der Waals surface area contributed by atoms with E-state index in [1.54, 1.807) is 27.8 Å². The van der Waals surface area contributed by atoms with Crippen molar-refractivity contribution in [1.82, 2.24) is 25.1 Å². The minimum absolute atomic E-state index is 0.00833. The molecule has 1 aliphatic rings. The fraction of sp³-hybridized carbons (Fsp3) is 0.300. The second-order valence-corrected chi connectivity index (χ2v) is 8.06. The molecule has 0 bridgehead atoms. The second-order valence-electron chi connectivity index (χ2n) is 7.11. The summed E-state index contributed by atoms with van der Waals surface area (Å²) in [6, 6.07) is 14.5. The van der Waals surface area contributed by atoms with Gasteiger partial charge in [0.1, 0.15) is 5.69 Å². The van der Waals surface area contributed by atoms with E-state index in [1.165, 1.54) is 17.8 Å². The number of tetrazole rings is 1. The Labute approximate surface area is 183 Å². The van der Waals surface area contributed by atoms with Gasteiger partial charge in [-0.25, -0.2) is 0 Å². The maximum absolute atomic E-state index is 12.7. The molecule has 0 aliphatic carbocycles. The van der Waals surface area contributed by atoms with Crippen LogP contribution in [0.1, 0.15) is 5.56 Å². The molecule has 0 unspecified atom stereocenters. The van der Waals surface area contributed by atoms with E-state index in [-0.39, 0.29) is 22.3 Å². The summed E-state index contributed by atoms with van der Waals surface area (Å²) in [5.74, 6) is 0.212. The lowest BCUT2D eigenvalue weighted by molar-refractivity contribution is -0.384. The smallest absolute Gasteiger partial charge is 0.292 e. The van der Waals surface area contributed by atoms with Crippen LogP contribution in [0.5, 0.6) is 0 Å². The van der Waals surface area contributed by atoms with Crippen LogP contribution in [0.2, 0.25) is 0 Å². The van der Waals surface area contributed by atoms with E-state index < -0.39 is 0 Å². The Balaban J connectivity index is 1.35. The van der Waals surface area contributed by atoms with E-state index in [4.69, 9.17) is 0 Å². The average Bonchev–Trinajstić information content (AvgIpc) is 3.26. The van der Waals surface area contributed by atoms with Gasteiger partial charge in [-0.1, -0.05) is 36.0 Å². The quantitative estimate of drug-likeness (QED) is 0.327. The highest BCUT2D eigenvalue weighted by molar-refractivity contribution is 7.99. The third-order valence-electron chi connectivity index (χ3n) is 5.06. The first-order chi connectivity index (χ1) is 15.0. The number of rotatable bonds is 6. The third-order valence-corrected chi connectivity index (χ3v) is 5.97. The Morgan fingerprint density at radius 3 is 2.65 bits per heavy atom. The topological polar surface area (TPSA) is 110 Å². The van der Waals surface area contributed by atoms with Crippen LogP contribution in [0.15, 0.2) is 53.7 Å². The minimum Gasteiger partial charge on any atom is -0.362 e. The van der Waals surface area contributed by atoms with Crippen molar-refractivity contribution in [3.63, 3.8) is 0 Å². The highest BCUT2D eigenvalue weighted by Gasteiger charge is 2.25. The van der Waals surface area contributed by atoms with Gasteiger partial charge in [0, 0.05) is 32.2 Å². The number of nitrogens with zero attached hydrogens (tertiary/aromatic N) is 7. The zero-order valence-corrected chi connectivity index (χ0v) is 17.7. The standard InChI is InChI=1S/C20H21N7O3S/c1-15-5-4-6-16(13-15)26-20(21-22-23-26)31-14-19(28)25-11-9-24(10-12-25)17-7-2-3-8-18(17)27(29)30/h2-8,13H,9-12,14H2,1H3. The predicted octanol–water partition coefficient (Wildman–Crippen LogP) is 2.32. The number of thioether (sulfide) groups is 1. The van der Waals surface area contributed by atoms with Crippen LogP contribution >= 0.6 is 11.8 Å². The number of hydrogen-bond donors (Lipinski definition) is 0. The van der Waals surface area contributed by atoms with Crippen LogP contribution in [-0.4, -0.2) is 67.9 Å². The molecule has 2 aromatic carbocycles. The summed E-state index contributed by atoms with van der Waals surface area (Å²) in [5, 5.41) is 23.6. The molecule has 10 nitrogen and oxygen atoms in total. The largest absolute Gasteiger partial charge is 0.362 e. The van der Waals surface area contributed by atoms with Crippen molar-refractivity contribution >= 4 is 29.0 Å². The first-order valence-corrected chi connectivity index (χ1v) is 10.8. The summed E-state index contributed by atoms with van der Waals surface area (Å²) >= 11 is 1.29. The Bertz CT molecular complexity index is 1100. The Morgan fingerprint density at radius 1 is 1.13 bits per heavy atom. The molecular formula is C20H21N7O3S. The highest BCUT2D eigenvalue weighted by atomic mass is 32.2. The van der Waals surface area contributed by atoms with Crippen molar-refractivity contribution in [3.8, 4) is 5.69 Å². The zero-order valence-electron chi connectivity index (χ0n) is 16.9. The second kappa shape index (κ2) is 9.13. The van der Waals surface area contributed by atoms with Gasteiger partial charge in [-0.3, -0.25) is 14.9 Å². The van der Waals surface area contributed by atoms with Crippen LogP contribution in [0.3, 0.4) is 0 Å². The van der Waals surface area contributed by atoms with E-state index >= 15 is 0 Å². The van der Waals surface area contributed by atoms with Gasteiger partial charge in [0.05, 0.1) is 16.4 Å². The van der Waals surface area contributed by atoms with Crippen LogP contribution in [0, 0.1) is 17.0 Å². The van der Waals surface area contributed by atoms with E-state index in [1.807, 2.05) is 36.1 Å². The van der Waals surface area contributed by atoms with Gasteiger partial charge in [0.15, 0.2) is 0 Å². The fourth-order valence-electron chi connectivity index (χ4n) is 3.49. The summed E-state index contributed by atoms with van der Waals surface area (Å²) in [6.45, 7) is 4.10. The molecule has 1 saturated heterocycles. The molecule has 0 atom stereocenters. The number of anilines is 1. The lowest BCUT2D eigenvalue weighted by Gasteiger charge is -2.35. The number of benzene rings is 2. The molecule has 0 spiro atoms. The van der Waals surface area contributed by atoms with Crippen LogP contribution in [-0.2, 0) is 4.79 Å². The minimum atomic E-state index is -0.373. The normalized spacial score (nSPS) is 14.0. The average molecular weight is 440 g/mol. The number of amides is 1. The number of piperazine rings is 1. The molecule has 160 valence electrons. The molecule has 11 heteroatoms. The Hall–Kier alpha value is -3.47. The number of carbonyl (C=O) groups is 1. The van der Waals surface area contributed by atoms with E-state index in [9.17, 15) is 14.9 Å². The summed E-state index contributed by atoms with van der Waals surface area (Å²) in [6.07, 6.45) is 0. The Morgan fingerprint density at radius 2 is 1.90 bits per heavy atom. The molecule has 1 aliphatic heterocycles. The fourth-order valence-corrected chi connectivity index (χ4v) is 4.28. The van der Waals surface area contributed by atoms with Gasteiger partial charge < -0.3 is 9.80 Å². The molecule has 0 saturated carbocycles. The van der Waals surface area contributed by atoms with Crippen molar-refractivity contribution in [3.05, 3.63) is 64.2 Å². The van der Waals surface area contributed by atoms with Crippen molar-refractivity contribution < 1.29 is 9.72 Å². The van der Waals surface area contributed by atoms with Gasteiger partial charge in [0.2, 0.25) is 11.1 Å². The van der Waals surface area contributed by atoms with Gasteiger partial charge in [-0.05, 0) is 41.1 Å². The molecular weight excluding hydrogens is 418 g/mol. The van der Waals surface area contributed by atoms with Gasteiger partial charge in [0.25, 0.3) is 5.69 Å². The molecule has 1 amide bonds. The first kappa shape index (κ1) is 20.8. The molecule has 1 aromatic heterocycles. The van der Waals surface area contributed by atoms with Crippen LogP contribution < -0.4 is 4.90 Å². The number of para-hydroxylation sites is 2. The summed E-state index contributed by atoms with van der Waals surface area (Å²) in [7, 11) is 0. The van der Waals surface area contributed by atoms with E-state index in [0.717, 1.165) is 11.3 Å². The maximum atomic E-state index is 12.7. The monoisotopic (exact) mass is 439 g/mol. The summed E-state index contributed by atoms with van der Waals surface area (Å²) < 4.78 is 1.62. The number of nitro groups is 1. The van der Waals surface area contributed by atoms with Crippen molar-refractivity contribution in [2.75, 3.05) is 36.8 Å². The maximum Gasteiger partial charge on any atom is 0.292 e. The number of aryl methyl sites for hydroxylation is 1. The lowest BCUT2D eigenvalue weighted by Crippen LogP contribution is -2.49. The molecule has 0 N–H and O–H groups in total. The van der Waals surface area contributed by atoms with Gasteiger partial charge in [-0.15, -0.1) is 5.10 Å². The van der Waals surface area contributed by atoms with Crippen LogP contribution in [0.25, 0.3) is 5.69 Å². The molecule has 31 heavy (non-hydrogen) atoms. The van der Waals surface area contributed by atoms with E-state index in [2.05, 4.69) is 15.5 Å². The number of nitro benzene ring substituents is 1. The first-order valence-electron chi connectivity index (χ1n) is 9.77. The van der Waals surface area contributed by atoms with E-state index in [0.29, 0.717) is 37.0 Å². The van der Waals surface area contributed by atoms with Crippen LogP contribution in [0.4, 0.5) is 11.4 Å². The molecule has 0 radical (unpaired) electrons. The van der Waals surface area contributed by atoms with Crippen molar-refractivity contribution in [2.24, 2.45) is 0 Å². The molecule has 3 aromatic rings. The predicted molar refractivity (Wildman–Crippen MR) is 117 cm³/mol. The summed E-state index contributed by atoms with van der Waals surface area (Å²) in [4.78, 5) is 27.3. The SMILES string of the molecule is Cc1cccc(-n2nnnc2SCC(=O)N2CCN(c3ccccc3[N+](=O)[O-])CC2)c1. The zero-order chi connectivity index (χ0) is 21.8. The summed E-state index contributed by atoms with van der Waals surface area (Å²) in [5.41, 5.74) is 2.61. The number of carbonyl (C=O) groups excluding carboxylic acids is 1. The Kier molecular flexibility index (Phi) is 6.12. The molecule has 4 rings (SSSR count). The van der Waals surface area contributed by atoms with Crippen molar-refractivity contribution in [2.45, 2.75) is 12.1 Å². The molecule has 2 heterocycles. The lowest BCUT2D eigenvalue weighted by atomic mass is 10.2. The highest BCUT2D eigenvalue weighted by Crippen LogP contribution is 2.28. The number of hydrogen-bond acceptors (Lipinski definition) is 8. The van der Waals surface area contributed by atoms with Gasteiger partial charge >= 0.3 is 0 Å². The van der Waals surface area contributed by atoms with Crippen molar-refractivity contribution in [1.29, 1.82) is 0 Å². The third kappa shape index (κ3) is 4.66.